The number of nitro benzene ring substituents is 1. The molecule has 6 rings (SSSR count). The SMILES string of the molecule is O=C(Nc1ccc(C23CC4CC(CC(Cl)(C4)C2)C3)cc1)c1cc([N+](=O)[O-])ccc1Cl. The van der Waals surface area contributed by atoms with Gasteiger partial charge in [-0.15, -0.1) is 11.6 Å². The summed E-state index contributed by atoms with van der Waals surface area (Å²) in [4.78, 5) is 23.0. The Balaban J connectivity index is 1.36. The first kappa shape index (κ1) is 19.8. The molecular weight excluding hydrogens is 423 g/mol. The number of carbonyl (C=O) groups excluding carboxylic acids is 1. The van der Waals surface area contributed by atoms with Gasteiger partial charge in [0.25, 0.3) is 11.6 Å². The molecule has 0 spiro atoms. The summed E-state index contributed by atoms with van der Waals surface area (Å²) < 4.78 is 0. The van der Waals surface area contributed by atoms with E-state index in [9.17, 15) is 14.9 Å². The number of non-ortho nitro benzene ring substituents is 1. The van der Waals surface area contributed by atoms with E-state index in [2.05, 4.69) is 17.4 Å². The maximum Gasteiger partial charge on any atom is 0.270 e. The van der Waals surface area contributed by atoms with Gasteiger partial charge in [-0.2, -0.15) is 0 Å². The van der Waals surface area contributed by atoms with Crippen molar-refractivity contribution in [3.8, 4) is 0 Å². The van der Waals surface area contributed by atoms with Crippen LogP contribution in [0.25, 0.3) is 0 Å². The summed E-state index contributed by atoms with van der Waals surface area (Å²) in [5.41, 5.74) is 2.00. The lowest BCUT2D eigenvalue weighted by molar-refractivity contribution is -0.384. The summed E-state index contributed by atoms with van der Waals surface area (Å²) in [6.45, 7) is 0. The van der Waals surface area contributed by atoms with Crippen molar-refractivity contribution < 1.29 is 9.72 Å². The molecule has 2 unspecified atom stereocenters. The van der Waals surface area contributed by atoms with Crippen LogP contribution < -0.4 is 5.32 Å². The number of rotatable bonds is 4. The van der Waals surface area contributed by atoms with Crippen molar-refractivity contribution in [1.82, 2.24) is 0 Å². The van der Waals surface area contributed by atoms with Crippen LogP contribution in [0.3, 0.4) is 0 Å². The van der Waals surface area contributed by atoms with Crippen LogP contribution in [0.5, 0.6) is 0 Å². The Morgan fingerprint density at radius 1 is 1.07 bits per heavy atom. The predicted molar refractivity (Wildman–Crippen MR) is 117 cm³/mol. The zero-order chi connectivity index (χ0) is 21.1. The number of anilines is 1. The van der Waals surface area contributed by atoms with Gasteiger partial charge in [-0.1, -0.05) is 23.7 Å². The van der Waals surface area contributed by atoms with Gasteiger partial charge in [0, 0.05) is 22.7 Å². The van der Waals surface area contributed by atoms with Crippen molar-refractivity contribution >= 4 is 40.5 Å². The molecule has 4 fully saturated rings. The van der Waals surface area contributed by atoms with Gasteiger partial charge in [0.05, 0.1) is 15.5 Å². The number of benzene rings is 2. The van der Waals surface area contributed by atoms with Crippen LogP contribution in [0.4, 0.5) is 11.4 Å². The first-order valence-electron chi connectivity index (χ1n) is 10.3. The lowest BCUT2D eigenvalue weighted by Gasteiger charge is -2.60. The molecule has 2 aromatic carbocycles. The zero-order valence-electron chi connectivity index (χ0n) is 16.4. The Bertz CT molecular complexity index is 1020. The Morgan fingerprint density at radius 2 is 1.73 bits per heavy atom. The number of nitrogens with zero attached hydrogens (tertiary/aromatic N) is 1. The van der Waals surface area contributed by atoms with Crippen LogP contribution in [-0.4, -0.2) is 15.7 Å². The minimum Gasteiger partial charge on any atom is -0.322 e. The molecule has 156 valence electrons. The first-order valence-corrected chi connectivity index (χ1v) is 11.1. The lowest BCUT2D eigenvalue weighted by Crippen LogP contribution is -2.55. The van der Waals surface area contributed by atoms with E-state index >= 15 is 0 Å². The molecule has 2 atom stereocenters. The van der Waals surface area contributed by atoms with E-state index in [-0.39, 0.29) is 26.6 Å². The molecule has 1 amide bonds. The average Bonchev–Trinajstić information content (AvgIpc) is 2.66. The van der Waals surface area contributed by atoms with Gasteiger partial charge in [0.15, 0.2) is 0 Å². The van der Waals surface area contributed by atoms with Gasteiger partial charge >= 0.3 is 0 Å². The van der Waals surface area contributed by atoms with Crippen LogP contribution in [0, 0.1) is 22.0 Å². The van der Waals surface area contributed by atoms with Crippen LogP contribution in [-0.2, 0) is 5.41 Å². The van der Waals surface area contributed by atoms with Crippen molar-refractivity contribution in [2.75, 3.05) is 5.32 Å². The number of hydrogen-bond acceptors (Lipinski definition) is 3. The second-order valence-corrected chi connectivity index (χ2v) is 10.6. The van der Waals surface area contributed by atoms with E-state index in [0.717, 1.165) is 31.1 Å². The zero-order valence-corrected chi connectivity index (χ0v) is 17.9. The fourth-order valence-electron chi connectivity index (χ4n) is 6.39. The quantitative estimate of drug-likeness (QED) is 0.340. The van der Waals surface area contributed by atoms with Crippen molar-refractivity contribution in [3.63, 3.8) is 0 Å². The number of carbonyl (C=O) groups is 1. The highest BCUT2D eigenvalue weighted by atomic mass is 35.5. The first-order chi connectivity index (χ1) is 14.3. The van der Waals surface area contributed by atoms with E-state index in [4.69, 9.17) is 23.2 Å². The molecule has 5 nitrogen and oxygen atoms in total. The Morgan fingerprint density at radius 3 is 2.33 bits per heavy atom. The van der Waals surface area contributed by atoms with Gasteiger partial charge in [-0.3, -0.25) is 14.9 Å². The molecule has 0 heterocycles. The highest BCUT2D eigenvalue weighted by molar-refractivity contribution is 6.34. The normalized spacial score (nSPS) is 31.5. The third-order valence-electron chi connectivity index (χ3n) is 7.15. The highest BCUT2D eigenvalue weighted by Crippen LogP contribution is 2.64. The van der Waals surface area contributed by atoms with Gasteiger partial charge in [-0.25, -0.2) is 0 Å². The van der Waals surface area contributed by atoms with Gasteiger partial charge < -0.3 is 5.32 Å². The van der Waals surface area contributed by atoms with Gasteiger partial charge in [-0.05, 0) is 79.5 Å². The minimum atomic E-state index is -0.545. The number of halogens is 2. The molecule has 7 heteroatoms. The molecule has 30 heavy (non-hydrogen) atoms. The van der Waals surface area contributed by atoms with E-state index in [0.29, 0.717) is 5.69 Å². The van der Waals surface area contributed by atoms with E-state index < -0.39 is 10.8 Å². The number of nitro groups is 1. The topological polar surface area (TPSA) is 72.2 Å². The molecule has 4 bridgehead atoms. The van der Waals surface area contributed by atoms with Crippen LogP contribution in [0.1, 0.15) is 54.4 Å². The van der Waals surface area contributed by atoms with E-state index in [1.807, 2.05) is 12.1 Å². The van der Waals surface area contributed by atoms with Crippen LogP contribution in [0.15, 0.2) is 42.5 Å². The molecule has 0 aliphatic heterocycles. The fraction of sp³-hybridized carbons (Fsp3) is 0.435. The fourth-order valence-corrected chi connectivity index (χ4v) is 7.29. The monoisotopic (exact) mass is 444 g/mol. The number of hydrogen-bond donors (Lipinski definition) is 1. The Hall–Kier alpha value is -2.11. The minimum absolute atomic E-state index is 0.0459. The van der Waals surface area contributed by atoms with Crippen LogP contribution >= 0.6 is 23.2 Å². The largest absolute Gasteiger partial charge is 0.322 e. The maximum absolute atomic E-state index is 12.6. The number of amides is 1. The van der Waals surface area contributed by atoms with Crippen molar-refractivity contribution in [2.45, 2.75) is 48.8 Å². The number of nitrogens with one attached hydrogen (secondary N) is 1. The maximum atomic E-state index is 12.6. The molecule has 0 saturated heterocycles. The van der Waals surface area contributed by atoms with Gasteiger partial charge in [0.2, 0.25) is 0 Å². The standard InChI is InChI=1S/C23H22Cl2N2O3/c24-20-6-5-18(27(29)30)8-19(20)21(28)26-17-3-1-16(2-4-17)22-9-14-7-15(10-22)12-23(25,11-14)13-22/h1-6,8,14-15H,7,9-13H2,(H,26,28). The molecule has 2 aromatic rings. The predicted octanol–water partition coefficient (Wildman–Crippen LogP) is 6.33. The third-order valence-corrected chi connectivity index (χ3v) is 7.92. The second-order valence-electron chi connectivity index (χ2n) is 9.34. The summed E-state index contributed by atoms with van der Waals surface area (Å²) in [6, 6.07) is 11.8. The summed E-state index contributed by atoms with van der Waals surface area (Å²) in [6.07, 6.45) is 7.04. The molecular formula is C23H22Cl2N2O3. The highest BCUT2D eigenvalue weighted by Gasteiger charge is 2.57. The average molecular weight is 445 g/mol. The number of alkyl halides is 1. The lowest BCUT2D eigenvalue weighted by atomic mass is 9.47. The van der Waals surface area contributed by atoms with Gasteiger partial charge in [0.1, 0.15) is 0 Å². The summed E-state index contributed by atoms with van der Waals surface area (Å²) in [7, 11) is 0. The van der Waals surface area contributed by atoms with E-state index in [1.54, 1.807) is 0 Å². The molecule has 1 N–H and O–H groups in total. The van der Waals surface area contributed by atoms with Crippen molar-refractivity contribution in [2.24, 2.45) is 11.8 Å². The summed E-state index contributed by atoms with van der Waals surface area (Å²) in [5.74, 6) is 0.976. The summed E-state index contributed by atoms with van der Waals surface area (Å²) >= 11 is 13.1. The summed E-state index contributed by atoms with van der Waals surface area (Å²) in [5, 5.41) is 14.0. The van der Waals surface area contributed by atoms with Crippen molar-refractivity contribution in [1.29, 1.82) is 0 Å². The van der Waals surface area contributed by atoms with Crippen LogP contribution in [0.2, 0.25) is 5.02 Å². The Labute approximate surface area is 184 Å². The smallest absolute Gasteiger partial charge is 0.270 e. The van der Waals surface area contributed by atoms with Crippen molar-refractivity contribution in [3.05, 3.63) is 68.7 Å². The molecule has 4 saturated carbocycles. The molecule has 0 aromatic heterocycles. The van der Waals surface area contributed by atoms with E-state index in [1.165, 1.54) is 43.0 Å². The molecule has 4 aliphatic carbocycles. The molecule has 0 radical (unpaired) electrons. The Kier molecular flexibility index (Phi) is 4.60. The third kappa shape index (κ3) is 3.38. The second kappa shape index (κ2) is 6.96. The molecule has 4 aliphatic rings.